The molecule has 1 fully saturated rings. The quantitative estimate of drug-likeness (QED) is 0.791. The van der Waals surface area contributed by atoms with Gasteiger partial charge in [0.25, 0.3) is 0 Å². The van der Waals surface area contributed by atoms with E-state index in [4.69, 9.17) is 4.74 Å². The van der Waals surface area contributed by atoms with E-state index in [1.165, 1.54) is 12.0 Å². The number of aromatic nitrogens is 2. The van der Waals surface area contributed by atoms with Gasteiger partial charge in [0.15, 0.2) is 4.34 Å². The molecule has 0 spiro atoms. The van der Waals surface area contributed by atoms with Crippen molar-refractivity contribution in [3.63, 3.8) is 0 Å². The number of aryl methyl sites for hydroxylation is 1. The van der Waals surface area contributed by atoms with Crippen LogP contribution in [0, 0.1) is 0 Å². The Morgan fingerprint density at radius 2 is 2.19 bits per heavy atom. The Morgan fingerprint density at radius 1 is 1.29 bits per heavy atom. The van der Waals surface area contributed by atoms with Gasteiger partial charge in [-0.3, -0.25) is 0 Å². The summed E-state index contributed by atoms with van der Waals surface area (Å²) in [6.07, 6.45) is 3.71. The van der Waals surface area contributed by atoms with E-state index in [2.05, 4.69) is 39.8 Å². The average Bonchev–Trinajstić information content (AvgIpc) is 3.18. The summed E-state index contributed by atoms with van der Waals surface area (Å²) < 4.78 is 6.61. The van der Waals surface area contributed by atoms with Gasteiger partial charge < -0.3 is 10.1 Å². The monoisotopic (exact) mass is 321 g/mol. The third kappa shape index (κ3) is 4.69. The summed E-state index contributed by atoms with van der Waals surface area (Å²) in [5, 5.41) is 12.6. The number of thioether (sulfide) groups is 1. The maximum atomic E-state index is 5.58. The standard InChI is InChI=1S/C15H19N3OS2/c1-2-5-12(6-3-1)8-10-20-15-18-17-14(21-15)16-11-13-7-4-9-19-13/h1-3,5-6,13H,4,7-11H2,(H,16,17). The lowest BCUT2D eigenvalue weighted by Crippen LogP contribution is -2.18. The summed E-state index contributed by atoms with van der Waals surface area (Å²) in [5.41, 5.74) is 1.37. The lowest BCUT2D eigenvalue weighted by molar-refractivity contribution is 0.120. The predicted molar refractivity (Wildman–Crippen MR) is 88.2 cm³/mol. The average molecular weight is 321 g/mol. The Morgan fingerprint density at radius 3 is 3.00 bits per heavy atom. The van der Waals surface area contributed by atoms with E-state index < -0.39 is 0 Å². The molecular formula is C15H19N3OS2. The fourth-order valence-electron chi connectivity index (χ4n) is 2.25. The van der Waals surface area contributed by atoms with Crippen molar-refractivity contribution in [1.82, 2.24) is 10.2 Å². The van der Waals surface area contributed by atoms with Crippen molar-refractivity contribution in [2.45, 2.75) is 29.7 Å². The van der Waals surface area contributed by atoms with Gasteiger partial charge in [-0.2, -0.15) is 0 Å². The minimum absolute atomic E-state index is 0.336. The normalized spacial score (nSPS) is 18.0. The number of ether oxygens (including phenoxy) is 1. The first-order valence-electron chi connectivity index (χ1n) is 7.26. The maximum absolute atomic E-state index is 5.58. The topological polar surface area (TPSA) is 47.0 Å². The van der Waals surface area contributed by atoms with Crippen molar-refractivity contribution in [2.75, 3.05) is 24.2 Å². The number of nitrogens with one attached hydrogen (secondary N) is 1. The van der Waals surface area contributed by atoms with Gasteiger partial charge in [0.1, 0.15) is 0 Å². The summed E-state index contributed by atoms with van der Waals surface area (Å²) >= 11 is 3.39. The Balaban J connectivity index is 1.40. The molecule has 1 aromatic carbocycles. The maximum Gasteiger partial charge on any atom is 0.206 e. The second kappa shape index (κ2) is 7.77. The van der Waals surface area contributed by atoms with Crippen LogP contribution in [0.1, 0.15) is 18.4 Å². The van der Waals surface area contributed by atoms with Crippen molar-refractivity contribution in [3.05, 3.63) is 35.9 Å². The van der Waals surface area contributed by atoms with E-state index in [0.717, 1.165) is 41.2 Å². The van der Waals surface area contributed by atoms with Gasteiger partial charge >= 0.3 is 0 Å². The highest BCUT2D eigenvalue weighted by molar-refractivity contribution is 8.01. The van der Waals surface area contributed by atoms with E-state index >= 15 is 0 Å². The third-order valence-electron chi connectivity index (χ3n) is 3.37. The van der Waals surface area contributed by atoms with Crippen molar-refractivity contribution in [2.24, 2.45) is 0 Å². The summed E-state index contributed by atoms with van der Waals surface area (Å²) in [6.45, 7) is 1.73. The van der Waals surface area contributed by atoms with Crippen LogP contribution in [0.3, 0.4) is 0 Å². The molecule has 0 saturated carbocycles. The van der Waals surface area contributed by atoms with Gasteiger partial charge in [-0.15, -0.1) is 10.2 Å². The zero-order valence-corrected chi connectivity index (χ0v) is 13.5. The first-order valence-corrected chi connectivity index (χ1v) is 9.06. The zero-order chi connectivity index (χ0) is 14.3. The van der Waals surface area contributed by atoms with Crippen LogP contribution >= 0.6 is 23.1 Å². The molecule has 3 rings (SSSR count). The SMILES string of the molecule is c1ccc(CCSc2nnc(NCC3CCCO3)s2)cc1. The summed E-state index contributed by atoms with van der Waals surface area (Å²) in [4.78, 5) is 0. The molecule has 0 bridgehead atoms. The first kappa shape index (κ1) is 14.8. The fraction of sp³-hybridized carbons (Fsp3) is 0.467. The molecule has 0 radical (unpaired) electrons. The van der Waals surface area contributed by atoms with Crippen LogP contribution in [0.25, 0.3) is 0 Å². The minimum atomic E-state index is 0.336. The molecule has 21 heavy (non-hydrogen) atoms. The number of nitrogens with zero attached hydrogens (tertiary/aromatic N) is 2. The molecule has 0 aliphatic carbocycles. The van der Waals surface area contributed by atoms with Gasteiger partial charge in [-0.1, -0.05) is 53.4 Å². The van der Waals surface area contributed by atoms with Gasteiger partial charge in [0.2, 0.25) is 5.13 Å². The van der Waals surface area contributed by atoms with Crippen molar-refractivity contribution < 1.29 is 4.74 Å². The summed E-state index contributed by atoms with van der Waals surface area (Å²) in [7, 11) is 0. The molecule has 6 heteroatoms. The van der Waals surface area contributed by atoms with E-state index in [1.54, 1.807) is 23.1 Å². The predicted octanol–water partition coefficient (Wildman–Crippen LogP) is 3.46. The van der Waals surface area contributed by atoms with Crippen LogP contribution < -0.4 is 5.32 Å². The number of anilines is 1. The van der Waals surface area contributed by atoms with E-state index in [9.17, 15) is 0 Å². The second-order valence-electron chi connectivity index (χ2n) is 4.97. The molecule has 2 aromatic rings. The lowest BCUT2D eigenvalue weighted by atomic mass is 10.2. The highest BCUT2D eigenvalue weighted by Gasteiger charge is 2.15. The van der Waals surface area contributed by atoms with E-state index in [1.807, 2.05) is 6.07 Å². The van der Waals surface area contributed by atoms with Gasteiger partial charge in [0.05, 0.1) is 6.10 Å². The molecule has 1 saturated heterocycles. The smallest absolute Gasteiger partial charge is 0.206 e. The molecular weight excluding hydrogens is 302 g/mol. The van der Waals surface area contributed by atoms with Gasteiger partial charge in [0, 0.05) is 18.9 Å². The number of benzene rings is 1. The second-order valence-corrected chi connectivity index (χ2v) is 7.29. The number of hydrogen-bond donors (Lipinski definition) is 1. The first-order chi connectivity index (χ1) is 10.4. The van der Waals surface area contributed by atoms with Crippen LogP contribution in [-0.2, 0) is 11.2 Å². The summed E-state index contributed by atoms with van der Waals surface area (Å²) in [5.74, 6) is 1.03. The molecule has 1 aliphatic heterocycles. The van der Waals surface area contributed by atoms with Crippen LogP contribution in [-0.4, -0.2) is 35.2 Å². The molecule has 1 atom stereocenters. The van der Waals surface area contributed by atoms with Crippen molar-refractivity contribution >= 4 is 28.2 Å². The van der Waals surface area contributed by atoms with Gasteiger partial charge in [-0.25, -0.2) is 0 Å². The molecule has 1 N–H and O–H groups in total. The van der Waals surface area contributed by atoms with Crippen molar-refractivity contribution in [1.29, 1.82) is 0 Å². The molecule has 112 valence electrons. The highest BCUT2D eigenvalue weighted by atomic mass is 32.2. The minimum Gasteiger partial charge on any atom is -0.376 e. The molecule has 1 aliphatic rings. The lowest BCUT2D eigenvalue weighted by Gasteiger charge is -2.08. The zero-order valence-electron chi connectivity index (χ0n) is 11.8. The molecule has 1 unspecified atom stereocenters. The fourth-order valence-corrected chi connectivity index (χ4v) is 4.06. The van der Waals surface area contributed by atoms with Crippen LogP contribution in [0.15, 0.2) is 34.7 Å². The van der Waals surface area contributed by atoms with Crippen LogP contribution in [0.4, 0.5) is 5.13 Å². The molecule has 0 amide bonds. The largest absolute Gasteiger partial charge is 0.376 e. The van der Waals surface area contributed by atoms with Crippen LogP contribution in [0.2, 0.25) is 0 Å². The molecule has 4 nitrogen and oxygen atoms in total. The molecule has 2 heterocycles. The van der Waals surface area contributed by atoms with E-state index in [0.29, 0.717) is 6.10 Å². The highest BCUT2D eigenvalue weighted by Crippen LogP contribution is 2.26. The number of hydrogen-bond acceptors (Lipinski definition) is 6. The van der Waals surface area contributed by atoms with Gasteiger partial charge in [-0.05, 0) is 24.8 Å². The third-order valence-corrected chi connectivity index (χ3v) is 5.39. The van der Waals surface area contributed by atoms with E-state index in [-0.39, 0.29) is 0 Å². The molecule has 1 aromatic heterocycles. The Bertz CT molecular complexity index is 541. The van der Waals surface area contributed by atoms with Crippen LogP contribution in [0.5, 0.6) is 0 Å². The summed E-state index contributed by atoms with van der Waals surface area (Å²) in [6, 6.07) is 10.5. The Labute approximate surface area is 133 Å². The Kier molecular flexibility index (Phi) is 5.48. The van der Waals surface area contributed by atoms with Crippen molar-refractivity contribution in [3.8, 4) is 0 Å². The Hall–Kier alpha value is -1.11. The number of rotatable bonds is 7.